The molecule has 0 spiro atoms. The van der Waals surface area contributed by atoms with Gasteiger partial charge in [-0.1, -0.05) is 30.0 Å². The molecule has 0 aliphatic carbocycles. The molecular formula is C20H18N2O5S. The van der Waals surface area contributed by atoms with E-state index in [2.05, 4.69) is 5.32 Å². The highest BCUT2D eigenvalue weighted by Gasteiger charge is 2.58. The summed E-state index contributed by atoms with van der Waals surface area (Å²) < 4.78 is 10.4. The van der Waals surface area contributed by atoms with Crippen LogP contribution < -0.4 is 15.0 Å². The van der Waals surface area contributed by atoms with Crippen LogP contribution in [-0.2, 0) is 19.1 Å². The fraction of sp³-hybridized carbons (Fsp3) is 0.250. The van der Waals surface area contributed by atoms with E-state index >= 15 is 0 Å². The lowest BCUT2D eigenvalue weighted by Crippen LogP contribution is -2.48. The van der Waals surface area contributed by atoms with Gasteiger partial charge in [-0.3, -0.25) is 14.5 Å². The summed E-state index contributed by atoms with van der Waals surface area (Å²) in [6.45, 7) is -0.434. The molecule has 4 rings (SSSR count). The van der Waals surface area contributed by atoms with E-state index in [0.29, 0.717) is 23.5 Å². The maximum absolute atomic E-state index is 12.9. The summed E-state index contributed by atoms with van der Waals surface area (Å²) in [6.07, 6.45) is 0.619. The van der Waals surface area contributed by atoms with Gasteiger partial charge in [0.15, 0.2) is 11.5 Å². The van der Waals surface area contributed by atoms with Crippen molar-refractivity contribution < 1.29 is 23.9 Å². The number of anilines is 2. The average Bonchev–Trinajstić information content (AvgIpc) is 3.22. The Morgan fingerprint density at radius 2 is 2.04 bits per heavy atom. The molecule has 0 saturated carbocycles. The van der Waals surface area contributed by atoms with Crippen LogP contribution in [0.3, 0.4) is 0 Å². The first-order valence-corrected chi connectivity index (χ1v) is 9.57. The number of nitrogens with one attached hydrogen (secondary N) is 1. The van der Waals surface area contributed by atoms with Gasteiger partial charge in [-0.15, -0.1) is 0 Å². The Kier molecular flexibility index (Phi) is 4.72. The van der Waals surface area contributed by atoms with E-state index in [0.717, 1.165) is 4.90 Å². The van der Waals surface area contributed by atoms with Gasteiger partial charge in [0.2, 0.25) is 5.91 Å². The van der Waals surface area contributed by atoms with Crippen molar-refractivity contribution in [2.24, 2.45) is 0 Å². The maximum Gasteiger partial charge on any atom is 0.344 e. The first-order valence-electron chi connectivity index (χ1n) is 8.76. The number of carbonyl (C=O) groups excluding carboxylic acids is 3. The van der Waals surface area contributed by atoms with E-state index in [1.807, 2.05) is 24.3 Å². The number of benzene rings is 2. The van der Waals surface area contributed by atoms with Crippen molar-refractivity contribution >= 4 is 40.9 Å². The van der Waals surface area contributed by atoms with Crippen LogP contribution in [0.25, 0.3) is 0 Å². The van der Waals surface area contributed by atoms with Gasteiger partial charge in [-0.25, -0.2) is 4.79 Å². The SMILES string of the molecule is COc1cccc(NC(=O)COC(=O)[C@@]23CCC(=O)N2c2ccccc2S3)c1. The third-order valence-corrected chi connectivity index (χ3v) is 6.14. The van der Waals surface area contributed by atoms with Gasteiger partial charge in [0, 0.05) is 29.5 Å². The molecule has 0 unspecified atom stereocenters. The summed E-state index contributed by atoms with van der Waals surface area (Å²) in [7, 11) is 1.54. The number of esters is 1. The molecule has 1 saturated heterocycles. The van der Waals surface area contributed by atoms with Crippen molar-refractivity contribution in [2.45, 2.75) is 22.6 Å². The molecule has 28 heavy (non-hydrogen) atoms. The van der Waals surface area contributed by atoms with Gasteiger partial charge < -0.3 is 14.8 Å². The standard InChI is InChI=1S/C20H18N2O5S/c1-26-14-6-4-5-13(11-14)21-17(23)12-27-19(25)20-10-9-18(24)22(20)15-7-2-3-8-16(15)28-20/h2-8,11H,9-10,12H2,1H3,(H,21,23)/t20-/m0/s1. The van der Waals surface area contributed by atoms with Crippen LogP contribution in [0, 0.1) is 0 Å². The molecule has 2 aliphatic heterocycles. The molecule has 144 valence electrons. The number of hydrogen-bond donors (Lipinski definition) is 1. The zero-order valence-corrected chi connectivity index (χ0v) is 16.0. The highest BCUT2D eigenvalue weighted by atomic mass is 32.2. The van der Waals surface area contributed by atoms with Gasteiger partial charge in [0.25, 0.3) is 5.91 Å². The van der Waals surface area contributed by atoms with Crippen LogP contribution in [0.4, 0.5) is 11.4 Å². The lowest BCUT2D eigenvalue weighted by molar-refractivity contribution is -0.149. The summed E-state index contributed by atoms with van der Waals surface area (Å²) in [5.41, 5.74) is 1.26. The molecule has 7 nitrogen and oxygen atoms in total. The summed E-state index contributed by atoms with van der Waals surface area (Å²) in [4.78, 5) is 38.7. The molecule has 0 bridgehead atoms. The lowest BCUT2D eigenvalue weighted by atomic mass is 10.2. The molecule has 2 heterocycles. The molecule has 2 aromatic carbocycles. The lowest BCUT2D eigenvalue weighted by Gasteiger charge is -2.28. The molecule has 1 atom stereocenters. The minimum atomic E-state index is -1.13. The van der Waals surface area contributed by atoms with Crippen LogP contribution in [0.2, 0.25) is 0 Å². The summed E-state index contributed by atoms with van der Waals surface area (Å²) >= 11 is 1.31. The van der Waals surface area contributed by atoms with Crippen molar-refractivity contribution in [2.75, 3.05) is 23.9 Å². The Labute approximate surface area is 166 Å². The second-order valence-electron chi connectivity index (χ2n) is 6.44. The number of rotatable bonds is 5. The number of carbonyl (C=O) groups is 3. The van der Waals surface area contributed by atoms with Gasteiger partial charge in [-0.05, 0) is 24.3 Å². The predicted molar refractivity (Wildman–Crippen MR) is 104 cm³/mol. The summed E-state index contributed by atoms with van der Waals surface area (Å²) in [5, 5.41) is 2.66. The van der Waals surface area contributed by atoms with Crippen LogP contribution in [0.5, 0.6) is 5.75 Å². The molecular weight excluding hydrogens is 380 g/mol. The smallest absolute Gasteiger partial charge is 0.344 e. The second kappa shape index (κ2) is 7.20. The van der Waals surface area contributed by atoms with Crippen molar-refractivity contribution in [3.05, 3.63) is 48.5 Å². The summed E-state index contributed by atoms with van der Waals surface area (Å²) in [5.74, 6) is -0.557. The van der Waals surface area contributed by atoms with Crippen molar-refractivity contribution in [3.63, 3.8) is 0 Å². The number of amides is 2. The number of thioether (sulfide) groups is 1. The zero-order chi connectivity index (χ0) is 19.7. The fourth-order valence-electron chi connectivity index (χ4n) is 3.41. The van der Waals surface area contributed by atoms with Gasteiger partial charge in [0.05, 0.1) is 12.8 Å². The number of ether oxygens (including phenoxy) is 2. The number of hydrogen-bond acceptors (Lipinski definition) is 6. The molecule has 8 heteroatoms. The topological polar surface area (TPSA) is 84.9 Å². The van der Waals surface area contributed by atoms with E-state index in [-0.39, 0.29) is 12.3 Å². The molecule has 0 aromatic heterocycles. The molecule has 1 N–H and O–H groups in total. The Balaban J connectivity index is 1.44. The Morgan fingerprint density at radius 3 is 2.86 bits per heavy atom. The van der Waals surface area contributed by atoms with Crippen LogP contribution in [-0.4, -0.2) is 36.4 Å². The molecule has 0 radical (unpaired) electrons. The van der Waals surface area contributed by atoms with Crippen molar-refractivity contribution in [1.29, 1.82) is 0 Å². The molecule has 2 aromatic rings. The van der Waals surface area contributed by atoms with E-state index in [1.54, 1.807) is 24.3 Å². The number of para-hydroxylation sites is 1. The van der Waals surface area contributed by atoms with E-state index in [4.69, 9.17) is 9.47 Å². The van der Waals surface area contributed by atoms with E-state index < -0.39 is 23.4 Å². The largest absolute Gasteiger partial charge is 0.497 e. The van der Waals surface area contributed by atoms with E-state index in [1.165, 1.54) is 23.8 Å². The molecule has 2 aliphatic rings. The zero-order valence-electron chi connectivity index (χ0n) is 15.1. The number of nitrogens with zero attached hydrogens (tertiary/aromatic N) is 1. The Bertz CT molecular complexity index is 963. The van der Waals surface area contributed by atoms with Crippen LogP contribution in [0.1, 0.15) is 12.8 Å². The first-order chi connectivity index (χ1) is 13.5. The Hall–Kier alpha value is -3.00. The van der Waals surface area contributed by atoms with Crippen LogP contribution in [0.15, 0.2) is 53.4 Å². The molecule has 1 fully saturated rings. The highest BCUT2D eigenvalue weighted by Crippen LogP contribution is 2.56. The average molecular weight is 398 g/mol. The van der Waals surface area contributed by atoms with Crippen molar-refractivity contribution in [1.82, 2.24) is 0 Å². The third kappa shape index (κ3) is 3.09. The summed E-state index contributed by atoms with van der Waals surface area (Å²) in [6, 6.07) is 14.3. The Morgan fingerprint density at radius 1 is 1.21 bits per heavy atom. The predicted octanol–water partition coefficient (Wildman–Crippen LogP) is 2.81. The second-order valence-corrected chi connectivity index (χ2v) is 7.76. The number of methoxy groups -OCH3 is 1. The molecule has 2 amide bonds. The van der Waals surface area contributed by atoms with Gasteiger partial charge in [0.1, 0.15) is 5.75 Å². The van der Waals surface area contributed by atoms with Gasteiger partial charge >= 0.3 is 5.97 Å². The maximum atomic E-state index is 12.9. The quantitative estimate of drug-likeness (QED) is 0.780. The normalized spacial score (nSPS) is 19.8. The fourth-order valence-corrected chi connectivity index (χ4v) is 4.83. The number of fused-ring (bicyclic) bond motifs is 3. The van der Waals surface area contributed by atoms with Crippen LogP contribution >= 0.6 is 11.8 Å². The third-order valence-electron chi connectivity index (χ3n) is 4.68. The highest BCUT2D eigenvalue weighted by molar-refractivity contribution is 8.02. The minimum absolute atomic E-state index is 0.116. The monoisotopic (exact) mass is 398 g/mol. The van der Waals surface area contributed by atoms with Crippen molar-refractivity contribution in [3.8, 4) is 5.75 Å². The minimum Gasteiger partial charge on any atom is -0.497 e. The van der Waals surface area contributed by atoms with Gasteiger partial charge in [-0.2, -0.15) is 0 Å². The van der Waals surface area contributed by atoms with E-state index in [9.17, 15) is 14.4 Å². The first kappa shape index (κ1) is 18.4.